The van der Waals surface area contributed by atoms with Crippen molar-refractivity contribution in [2.75, 3.05) is 6.54 Å². The summed E-state index contributed by atoms with van der Waals surface area (Å²) in [5.74, 6) is -2.13. The fourth-order valence-electron chi connectivity index (χ4n) is 1.36. The van der Waals surface area contributed by atoms with Gasteiger partial charge in [0.2, 0.25) is 0 Å². The lowest BCUT2D eigenvalue weighted by molar-refractivity contribution is -0.135. The lowest BCUT2D eigenvalue weighted by Crippen LogP contribution is -2.29. The van der Waals surface area contributed by atoms with Gasteiger partial charge < -0.3 is 15.5 Å². The number of nitrogens with zero attached hydrogens (tertiary/aromatic N) is 1. The SMILES string of the molecule is O=C(O)CNC(=O)c1ncc2cc(Br)sc2c1O. The third-order valence-corrected chi connectivity index (χ3v) is 3.78. The molecule has 94 valence electrons. The number of aromatic hydroxyl groups is 1. The lowest BCUT2D eigenvalue weighted by atomic mass is 10.2. The van der Waals surface area contributed by atoms with Crippen LogP contribution in [-0.4, -0.2) is 33.6 Å². The first kappa shape index (κ1) is 12.8. The summed E-state index contributed by atoms with van der Waals surface area (Å²) in [5, 5.41) is 21.2. The summed E-state index contributed by atoms with van der Waals surface area (Å²) >= 11 is 4.54. The van der Waals surface area contributed by atoms with Gasteiger partial charge in [0, 0.05) is 11.6 Å². The maximum Gasteiger partial charge on any atom is 0.322 e. The molecule has 6 nitrogen and oxygen atoms in total. The standard InChI is InChI=1S/C10H7BrN2O4S/c11-5-1-4-2-12-7(8(16)9(4)18-5)10(17)13-3-6(14)15/h1-2,16H,3H2,(H,13,17)(H,14,15). The molecule has 0 spiro atoms. The smallest absolute Gasteiger partial charge is 0.322 e. The second-order valence-electron chi connectivity index (χ2n) is 3.37. The van der Waals surface area contributed by atoms with Crippen LogP contribution in [0, 0.1) is 0 Å². The van der Waals surface area contributed by atoms with Crippen LogP contribution >= 0.6 is 27.3 Å². The second kappa shape index (κ2) is 4.91. The zero-order valence-electron chi connectivity index (χ0n) is 8.81. The van der Waals surface area contributed by atoms with Gasteiger partial charge in [-0.2, -0.15) is 0 Å². The van der Waals surface area contributed by atoms with Crippen LogP contribution in [0.4, 0.5) is 0 Å². The van der Waals surface area contributed by atoms with E-state index in [4.69, 9.17) is 5.11 Å². The minimum atomic E-state index is -1.16. The van der Waals surface area contributed by atoms with Crippen molar-refractivity contribution in [3.63, 3.8) is 0 Å². The van der Waals surface area contributed by atoms with E-state index < -0.39 is 18.4 Å². The highest BCUT2D eigenvalue weighted by molar-refractivity contribution is 9.11. The average molecular weight is 331 g/mol. The number of aliphatic carboxylic acids is 1. The van der Waals surface area contributed by atoms with Crippen LogP contribution in [0.15, 0.2) is 16.0 Å². The number of carbonyl (C=O) groups is 2. The molecule has 2 aromatic rings. The Morgan fingerprint density at radius 2 is 2.22 bits per heavy atom. The molecule has 1 amide bonds. The fraction of sp³-hybridized carbons (Fsp3) is 0.100. The largest absolute Gasteiger partial charge is 0.504 e. The summed E-state index contributed by atoms with van der Waals surface area (Å²) in [6.45, 7) is -0.522. The number of amides is 1. The lowest BCUT2D eigenvalue weighted by Gasteiger charge is -2.04. The number of fused-ring (bicyclic) bond motifs is 1. The summed E-state index contributed by atoms with van der Waals surface area (Å²) in [6.07, 6.45) is 1.45. The van der Waals surface area contributed by atoms with Crippen molar-refractivity contribution in [2.45, 2.75) is 0 Å². The highest BCUT2D eigenvalue weighted by atomic mass is 79.9. The van der Waals surface area contributed by atoms with Crippen LogP contribution in [0.1, 0.15) is 10.5 Å². The molecule has 0 aromatic carbocycles. The highest BCUT2D eigenvalue weighted by Crippen LogP contribution is 2.36. The van der Waals surface area contributed by atoms with Gasteiger partial charge in [-0.05, 0) is 22.0 Å². The van der Waals surface area contributed by atoms with Gasteiger partial charge in [0.15, 0.2) is 11.4 Å². The molecule has 0 bridgehead atoms. The van der Waals surface area contributed by atoms with Crippen LogP contribution in [0.5, 0.6) is 5.75 Å². The summed E-state index contributed by atoms with van der Waals surface area (Å²) in [5.41, 5.74) is -0.182. The predicted octanol–water partition coefficient (Wildman–Crippen LogP) is 1.58. The molecular formula is C10H7BrN2O4S. The third kappa shape index (κ3) is 2.44. The maximum atomic E-state index is 11.6. The summed E-state index contributed by atoms with van der Waals surface area (Å²) in [6, 6.07) is 1.77. The summed E-state index contributed by atoms with van der Waals surface area (Å²) < 4.78 is 1.33. The Kier molecular flexibility index (Phi) is 3.48. The Hall–Kier alpha value is -1.67. The Balaban J connectivity index is 2.36. The molecule has 0 radical (unpaired) electrons. The molecule has 0 aliphatic rings. The number of carboxylic acids is 1. The Bertz CT molecular complexity index is 640. The van der Waals surface area contributed by atoms with Gasteiger partial charge in [0.25, 0.3) is 5.91 Å². The maximum absolute atomic E-state index is 11.6. The monoisotopic (exact) mass is 330 g/mol. The number of thiophene rings is 1. The van der Waals surface area contributed by atoms with E-state index in [2.05, 4.69) is 26.2 Å². The van der Waals surface area contributed by atoms with E-state index in [0.29, 0.717) is 10.1 Å². The molecule has 0 saturated carbocycles. The molecule has 2 aromatic heterocycles. The quantitative estimate of drug-likeness (QED) is 0.793. The topological polar surface area (TPSA) is 99.5 Å². The first-order chi connectivity index (χ1) is 8.49. The van der Waals surface area contributed by atoms with Crippen molar-refractivity contribution in [1.29, 1.82) is 0 Å². The number of pyridine rings is 1. The molecule has 0 unspecified atom stereocenters. The van der Waals surface area contributed by atoms with E-state index in [0.717, 1.165) is 3.79 Å². The van der Waals surface area contributed by atoms with Crippen molar-refractivity contribution in [3.05, 3.63) is 21.7 Å². The van der Waals surface area contributed by atoms with Crippen molar-refractivity contribution in [1.82, 2.24) is 10.3 Å². The molecule has 18 heavy (non-hydrogen) atoms. The molecular weight excluding hydrogens is 324 g/mol. The number of nitrogens with one attached hydrogen (secondary N) is 1. The fourth-order valence-corrected chi connectivity index (χ4v) is 2.90. The minimum absolute atomic E-state index is 0.182. The van der Waals surface area contributed by atoms with Gasteiger partial charge >= 0.3 is 5.97 Å². The Labute approximate surface area is 113 Å². The van der Waals surface area contributed by atoms with Crippen molar-refractivity contribution >= 4 is 49.2 Å². The number of hydrogen-bond donors (Lipinski definition) is 3. The number of carboxylic acid groups (broad SMARTS) is 1. The average Bonchev–Trinajstić information content (AvgIpc) is 2.68. The molecule has 0 saturated heterocycles. The van der Waals surface area contributed by atoms with Crippen molar-refractivity contribution in [2.24, 2.45) is 0 Å². The third-order valence-electron chi connectivity index (χ3n) is 2.12. The minimum Gasteiger partial charge on any atom is -0.504 e. The first-order valence-electron chi connectivity index (χ1n) is 4.76. The number of rotatable bonds is 3. The van der Waals surface area contributed by atoms with Gasteiger partial charge in [0.05, 0.1) is 8.49 Å². The summed E-state index contributed by atoms with van der Waals surface area (Å²) in [4.78, 5) is 25.8. The van der Waals surface area contributed by atoms with Gasteiger partial charge in [-0.3, -0.25) is 9.59 Å². The summed E-state index contributed by atoms with van der Waals surface area (Å²) in [7, 11) is 0. The van der Waals surface area contributed by atoms with Gasteiger partial charge in [0.1, 0.15) is 6.54 Å². The van der Waals surface area contributed by atoms with Crippen molar-refractivity contribution in [3.8, 4) is 5.75 Å². The van der Waals surface area contributed by atoms with Crippen LogP contribution in [0.25, 0.3) is 10.1 Å². The van der Waals surface area contributed by atoms with E-state index >= 15 is 0 Å². The second-order valence-corrected chi connectivity index (χ2v) is 5.80. The highest BCUT2D eigenvalue weighted by Gasteiger charge is 2.17. The van der Waals surface area contributed by atoms with E-state index in [1.165, 1.54) is 17.5 Å². The molecule has 2 heterocycles. The Morgan fingerprint density at radius 3 is 2.89 bits per heavy atom. The molecule has 8 heteroatoms. The van der Waals surface area contributed by atoms with E-state index in [-0.39, 0.29) is 11.4 Å². The molecule has 0 fully saturated rings. The Morgan fingerprint density at radius 1 is 1.50 bits per heavy atom. The molecule has 0 aliphatic carbocycles. The zero-order valence-corrected chi connectivity index (χ0v) is 11.2. The van der Waals surface area contributed by atoms with Gasteiger partial charge in [-0.15, -0.1) is 11.3 Å². The van der Waals surface area contributed by atoms with Crippen LogP contribution in [-0.2, 0) is 4.79 Å². The van der Waals surface area contributed by atoms with Gasteiger partial charge in [-0.1, -0.05) is 0 Å². The van der Waals surface area contributed by atoms with Crippen LogP contribution in [0.3, 0.4) is 0 Å². The number of halogens is 1. The van der Waals surface area contributed by atoms with E-state index in [1.807, 2.05) is 0 Å². The van der Waals surface area contributed by atoms with Gasteiger partial charge in [-0.25, -0.2) is 4.98 Å². The molecule has 0 atom stereocenters. The van der Waals surface area contributed by atoms with Crippen LogP contribution in [0.2, 0.25) is 0 Å². The predicted molar refractivity (Wildman–Crippen MR) is 69.0 cm³/mol. The van der Waals surface area contributed by atoms with E-state index in [9.17, 15) is 14.7 Å². The van der Waals surface area contributed by atoms with Crippen LogP contribution < -0.4 is 5.32 Å². The number of aromatic nitrogens is 1. The molecule has 3 N–H and O–H groups in total. The molecule has 0 aliphatic heterocycles. The molecule has 2 rings (SSSR count). The normalized spacial score (nSPS) is 10.5. The zero-order chi connectivity index (χ0) is 13.3. The first-order valence-corrected chi connectivity index (χ1v) is 6.37. The van der Waals surface area contributed by atoms with Crippen molar-refractivity contribution < 1.29 is 19.8 Å². The number of carbonyl (C=O) groups excluding carboxylic acids is 1. The number of hydrogen-bond acceptors (Lipinski definition) is 5. The van der Waals surface area contributed by atoms with E-state index in [1.54, 1.807) is 6.07 Å².